The lowest BCUT2D eigenvalue weighted by Gasteiger charge is -2.09. The molecule has 0 unspecified atom stereocenters. The molecule has 2 rings (SSSR count). The molecule has 0 aliphatic rings. The van der Waals surface area contributed by atoms with Gasteiger partial charge in [0.05, 0.1) is 5.69 Å². The van der Waals surface area contributed by atoms with Gasteiger partial charge in [-0.1, -0.05) is 6.07 Å². The highest BCUT2D eigenvalue weighted by Gasteiger charge is 2.17. The molecule has 19 heavy (non-hydrogen) atoms. The van der Waals surface area contributed by atoms with Gasteiger partial charge >= 0.3 is 0 Å². The van der Waals surface area contributed by atoms with Gasteiger partial charge in [-0.25, -0.2) is 8.42 Å². The molecule has 102 valence electrons. The summed E-state index contributed by atoms with van der Waals surface area (Å²) in [6, 6.07) is 7.09. The Morgan fingerprint density at radius 3 is 2.74 bits per heavy atom. The van der Waals surface area contributed by atoms with Crippen molar-refractivity contribution in [2.24, 2.45) is 5.73 Å². The van der Waals surface area contributed by atoms with Crippen molar-refractivity contribution in [1.29, 1.82) is 0 Å². The van der Waals surface area contributed by atoms with Gasteiger partial charge in [0.15, 0.2) is 0 Å². The second-order valence-corrected chi connectivity index (χ2v) is 7.74. The quantitative estimate of drug-likeness (QED) is 0.879. The first-order chi connectivity index (χ1) is 8.92. The van der Waals surface area contributed by atoms with Crippen LogP contribution in [0.4, 0.5) is 5.69 Å². The number of hydrogen-bond donors (Lipinski definition) is 2. The molecule has 0 aliphatic heterocycles. The van der Waals surface area contributed by atoms with E-state index in [-0.39, 0.29) is 4.21 Å². The zero-order valence-corrected chi connectivity index (χ0v) is 13.4. The molecule has 1 aromatic carbocycles. The van der Waals surface area contributed by atoms with Gasteiger partial charge in [-0.2, -0.15) is 0 Å². The zero-order valence-electron chi connectivity index (χ0n) is 10.2. The van der Waals surface area contributed by atoms with Crippen molar-refractivity contribution in [3.63, 3.8) is 0 Å². The second kappa shape index (κ2) is 5.62. The topological polar surface area (TPSA) is 72.2 Å². The predicted octanol–water partition coefficient (Wildman–Crippen LogP) is 3.08. The van der Waals surface area contributed by atoms with Crippen LogP contribution in [0.15, 0.2) is 38.3 Å². The van der Waals surface area contributed by atoms with Crippen LogP contribution in [-0.4, -0.2) is 8.42 Å². The van der Waals surface area contributed by atoms with Crippen LogP contribution in [0.3, 0.4) is 0 Å². The van der Waals surface area contributed by atoms with Gasteiger partial charge < -0.3 is 5.73 Å². The van der Waals surface area contributed by atoms with Gasteiger partial charge in [-0.15, -0.1) is 11.3 Å². The van der Waals surface area contributed by atoms with E-state index in [1.807, 2.05) is 19.1 Å². The van der Waals surface area contributed by atoms with Crippen LogP contribution in [0.2, 0.25) is 0 Å². The highest BCUT2D eigenvalue weighted by atomic mass is 79.9. The highest BCUT2D eigenvalue weighted by Crippen LogP contribution is 2.28. The normalized spacial score (nSPS) is 11.5. The molecule has 3 N–H and O–H groups in total. The lowest BCUT2D eigenvalue weighted by Crippen LogP contribution is -2.12. The molecule has 2 aromatic rings. The Morgan fingerprint density at radius 1 is 1.37 bits per heavy atom. The van der Waals surface area contributed by atoms with E-state index >= 15 is 0 Å². The second-order valence-electron chi connectivity index (χ2n) is 4.07. The number of rotatable bonds is 4. The Bertz CT molecular complexity index is 696. The van der Waals surface area contributed by atoms with Crippen LogP contribution in [-0.2, 0) is 16.6 Å². The molecule has 0 atom stereocenters. The van der Waals surface area contributed by atoms with Crippen molar-refractivity contribution in [1.82, 2.24) is 0 Å². The van der Waals surface area contributed by atoms with Gasteiger partial charge in [0.1, 0.15) is 4.21 Å². The lowest BCUT2D eigenvalue weighted by molar-refractivity contribution is 0.603. The number of aryl methyl sites for hydroxylation is 1. The van der Waals surface area contributed by atoms with Crippen molar-refractivity contribution in [2.75, 3.05) is 4.72 Å². The summed E-state index contributed by atoms with van der Waals surface area (Å²) in [6.07, 6.45) is 0. The van der Waals surface area contributed by atoms with E-state index in [2.05, 4.69) is 20.7 Å². The van der Waals surface area contributed by atoms with E-state index in [1.165, 1.54) is 0 Å². The first kappa shape index (κ1) is 14.5. The molecule has 0 amide bonds. The van der Waals surface area contributed by atoms with E-state index in [0.29, 0.717) is 16.7 Å². The summed E-state index contributed by atoms with van der Waals surface area (Å²) in [4.78, 5) is 0. The number of nitrogens with two attached hydrogens (primary N) is 1. The van der Waals surface area contributed by atoms with E-state index in [0.717, 1.165) is 22.5 Å². The Balaban J connectivity index is 2.33. The van der Waals surface area contributed by atoms with Crippen LogP contribution < -0.4 is 10.5 Å². The fourth-order valence-electron chi connectivity index (χ4n) is 1.51. The maximum absolute atomic E-state index is 12.2. The van der Waals surface area contributed by atoms with E-state index in [1.54, 1.807) is 17.5 Å². The maximum Gasteiger partial charge on any atom is 0.271 e. The summed E-state index contributed by atoms with van der Waals surface area (Å²) in [7, 11) is -3.56. The molecule has 0 bridgehead atoms. The molecular formula is C12H13BrN2O2S2. The van der Waals surface area contributed by atoms with E-state index < -0.39 is 10.0 Å². The number of sulfonamides is 1. The van der Waals surface area contributed by atoms with Gasteiger partial charge in [-0.05, 0) is 57.6 Å². The number of thiophene rings is 1. The smallest absolute Gasteiger partial charge is 0.271 e. The number of anilines is 1. The first-order valence-electron chi connectivity index (χ1n) is 5.49. The molecule has 0 saturated heterocycles. The molecule has 0 saturated carbocycles. The predicted molar refractivity (Wildman–Crippen MR) is 81.9 cm³/mol. The van der Waals surface area contributed by atoms with E-state index in [4.69, 9.17) is 5.73 Å². The Kier molecular flexibility index (Phi) is 4.29. The molecule has 0 aliphatic carbocycles. The zero-order chi connectivity index (χ0) is 14.0. The number of benzene rings is 1. The molecule has 0 fully saturated rings. The summed E-state index contributed by atoms with van der Waals surface area (Å²) in [6.45, 7) is 2.24. The minimum atomic E-state index is -3.56. The Hall–Kier alpha value is -0.890. The van der Waals surface area contributed by atoms with Crippen molar-refractivity contribution in [3.05, 3.63) is 45.2 Å². The minimum Gasteiger partial charge on any atom is -0.326 e. The average molecular weight is 361 g/mol. The fourth-order valence-corrected chi connectivity index (χ4v) is 4.28. The third kappa shape index (κ3) is 3.36. The largest absolute Gasteiger partial charge is 0.326 e. The van der Waals surface area contributed by atoms with Crippen molar-refractivity contribution >= 4 is 43.0 Å². The minimum absolute atomic E-state index is 0.265. The van der Waals surface area contributed by atoms with Gasteiger partial charge in [0.2, 0.25) is 0 Å². The molecule has 0 radical (unpaired) electrons. The van der Waals surface area contributed by atoms with Crippen LogP contribution in [0.25, 0.3) is 0 Å². The third-order valence-electron chi connectivity index (χ3n) is 2.50. The maximum atomic E-state index is 12.2. The van der Waals surface area contributed by atoms with Crippen LogP contribution in [0.1, 0.15) is 11.1 Å². The molecule has 0 spiro atoms. The SMILES string of the molecule is Cc1ccc(Br)c(NS(=O)(=O)c2cc(CN)cs2)c1. The van der Waals surface area contributed by atoms with Crippen molar-refractivity contribution < 1.29 is 8.42 Å². The fraction of sp³-hybridized carbons (Fsp3) is 0.167. The van der Waals surface area contributed by atoms with Crippen molar-refractivity contribution in [2.45, 2.75) is 17.7 Å². The van der Waals surface area contributed by atoms with E-state index in [9.17, 15) is 8.42 Å². The van der Waals surface area contributed by atoms with Gasteiger partial charge in [0.25, 0.3) is 10.0 Å². The lowest BCUT2D eigenvalue weighted by atomic mass is 10.2. The van der Waals surface area contributed by atoms with Gasteiger partial charge in [-0.3, -0.25) is 4.72 Å². The number of hydrogen-bond acceptors (Lipinski definition) is 4. The van der Waals surface area contributed by atoms with Crippen molar-refractivity contribution in [3.8, 4) is 0 Å². The Morgan fingerprint density at radius 2 is 2.11 bits per heavy atom. The summed E-state index contributed by atoms with van der Waals surface area (Å²) in [5.74, 6) is 0. The highest BCUT2D eigenvalue weighted by molar-refractivity contribution is 9.10. The van der Waals surface area contributed by atoms with Crippen LogP contribution >= 0.6 is 27.3 Å². The molecular weight excluding hydrogens is 348 g/mol. The summed E-state index contributed by atoms with van der Waals surface area (Å²) >= 11 is 4.50. The summed E-state index contributed by atoms with van der Waals surface area (Å²) in [5.41, 5.74) is 7.81. The third-order valence-corrected chi connectivity index (χ3v) is 6.04. The van der Waals surface area contributed by atoms with Gasteiger partial charge in [0, 0.05) is 11.0 Å². The summed E-state index contributed by atoms with van der Waals surface area (Å²) < 4.78 is 28.0. The number of halogens is 1. The molecule has 4 nitrogen and oxygen atoms in total. The first-order valence-corrected chi connectivity index (χ1v) is 8.64. The van der Waals surface area contributed by atoms with Crippen LogP contribution in [0.5, 0.6) is 0 Å². The van der Waals surface area contributed by atoms with Crippen LogP contribution in [0, 0.1) is 6.92 Å². The average Bonchev–Trinajstić information content (AvgIpc) is 2.83. The summed E-state index contributed by atoms with van der Waals surface area (Å²) in [5, 5.41) is 1.75. The standard InChI is InChI=1S/C12H13BrN2O2S2/c1-8-2-3-10(13)11(4-8)15-19(16,17)12-5-9(6-14)7-18-12/h2-5,7,15H,6,14H2,1H3. The molecule has 7 heteroatoms. The number of nitrogens with one attached hydrogen (secondary N) is 1. The Labute approximate surface area is 124 Å². The monoisotopic (exact) mass is 360 g/mol. The molecule has 1 aromatic heterocycles. The molecule has 1 heterocycles.